The maximum atomic E-state index is 9.03. The highest BCUT2D eigenvalue weighted by Crippen LogP contribution is 2.17. The number of hydrogen-bond acceptors (Lipinski definition) is 4. The molecule has 0 aliphatic rings. The minimum Gasteiger partial charge on any atom is -0.490 e. The second-order valence-electron chi connectivity index (χ2n) is 4.11. The summed E-state index contributed by atoms with van der Waals surface area (Å²) >= 11 is 0. The summed E-state index contributed by atoms with van der Waals surface area (Å²) in [5.41, 5.74) is 1.31. The Morgan fingerprint density at radius 2 is 1.80 bits per heavy atom. The summed E-state index contributed by atoms with van der Waals surface area (Å²) in [6.07, 6.45) is 0. The van der Waals surface area contributed by atoms with E-state index in [1.54, 1.807) is 24.3 Å². The Labute approximate surface area is 117 Å². The van der Waals surface area contributed by atoms with Gasteiger partial charge in [-0.2, -0.15) is 5.26 Å². The summed E-state index contributed by atoms with van der Waals surface area (Å²) in [6.45, 7) is 0.708. The van der Waals surface area contributed by atoms with Gasteiger partial charge in [0.05, 0.1) is 12.2 Å². The maximum Gasteiger partial charge on any atom is 0.137 e. The third-order valence-electron chi connectivity index (χ3n) is 2.70. The first kappa shape index (κ1) is 13.9. The lowest BCUT2D eigenvalue weighted by molar-refractivity contribution is 0.216. The van der Waals surface area contributed by atoms with E-state index >= 15 is 0 Å². The fraction of sp³-hybridized carbons (Fsp3) is 0.188. The molecule has 0 spiro atoms. The predicted octanol–water partition coefficient (Wildman–Crippen LogP) is 2.51. The van der Waals surface area contributed by atoms with Crippen molar-refractivity contribution < 1.29 is 14.6 Å². The van der Waals surface area contributed by atoms with Crippen molar-refractivity contribution >= 4 is 0 Å². The Bertz CT molecular complexity index is 605. The molecule has 0 atom stereocenters. The molecule has 0 unspecified atom stereocenters. The smallest absolute Gasteiger partial charge is 0.137 e. The highest BCUT2D eigenvalue weighted by Gasteiger charge is 2.01. The van der Waals surface area contributed by atoms with Gasteiger partial charge in [-0.25, -0.2) is 0 Å². The molecule has 0 amide bonds. The molecule has 0 saturated heterocycles. The molecule has 0 aromatic heterocycles. The van der Waals surface area contributed by atoms with E-state index in [0.717, 1.165) is 5.56 Å². The van der Waals surface area contributed by atoms with Crippen LogP contribution in [-0.4, -0.2) is 18.3 Å². The molecule has 2 aromatic rings. The van der Waals surface area contributed by atoms with E-state index in [2.05, 4.69) is 6.07 Å². The number of nitriles is 1. The van der Waals surface area contributed by atoms with Crippen molar-refractivity contribution in [2.45, 2.75) is 6.61 Å². The lowest BCUT2D eigenvalue weighted by atomic mass is 10.2. The van der Waals surface area contributed by atoms with Crippen LogP contribution in [-0.2, 0) is 6.61 Å². The molecule has 20 heavy (non-hydrogen) atoms. The summed E-state index contributed by atoms with van der Waals surface area (Å²) in [5, 5.41) is 18.0. The topological polar surface area (TPSA) is 62.5 Å². The Kier molecular flexibility index (Phi) is 4.99. The van der Waals surface area contributed by atoms with Crippen LogP contribution in [0.1, 0.15) is 11.1 Å². The summed E-state index contributed by atoms with van der Waals surface area (Å²) < 4.78 is 11.0. The molecule has 1 N–H and O–H groups in total. The van der Waals surface area contributed by atoms with Gasteiger partial charge in [-0.1, -0.05) is 24.3 Å². The van der Waals surface area contributed by atoms with Gasteiger partial charge in [0.2, 0.25) is 0 Å². The van der Waals surface area contributed by atoms with Crippen LogP contribution in [0.25, 0.3) is 0 Å². The van der Waals surface area contributed by atoms with Crippen LogP contribution in [0.4, 0.5) is 0 Å². The van der Waals surface area contributed by atoms with Crippen LogP contribution in [0, 0.1) is 11.3 Å². The molecule has 0 heterocycles. The minimum atomic E-state index is -0.0107. The predicted molar refractivity (Wildman–Crippen MR) is 74.5 cm³/mol. The molecule has 0 bridgehead atoms. The van der Waals surface area contributed by atoms with Crippen molar-refractivity contribution in [1.82, 2.24) is 0 Å². The molecule has 4 heteroatoms. The van der Waals surface area contributed by atoms with Crippen molar-refractivity contribution in [1.29, 1.82) is 5.26 Å². The average Bonchev–Trinajstić information content (AvgIpc) is 2.52. The van der Waals surface area contributed by atoms with Gasteiger partial charge in [0, 0.05) is 0 Å². The van der Waals surface area contributed by atoms with Crippen LogP contribution in [0.2, 0.25) is 0 Å². The molecule has 0 aliphatic carbocycles. The van der Waals surface area contributed by atoms with Gasteiger partial charge in [0.1, 0.15) is 30.8 Å². The largest absolute Gasteiger partial charge is 0.490 e. The molecular weight excluding hydrogens is 254 g/mol. The highest BCUT2D eigenvalue weighted by atomic mass is 16.5. The summed E-state index contributed by atoms with van der Waals surface area (Å²) in [7, 11) is 0. The monoisotopic (exact) mass is 269 g/mol. The first-order valence-electron chi connectivity index (χ1n) is 6.28. The SMILES string of the molecule is N#Cc1ccccc1OCCOc1cccc(CO)c1. The fourth-order valence-electron chi connectivity index (χ4n) is 1.73. The zero-order chi connectivity index (χ0) is 14.2. The van der Waals surface area contributed by atoms with E-state index in [1.165, 1.54) is 0 Å². The lowest BCUT2D eigenvalue weighted by Gasteiger charge is -2.09. The van der Waals surface area contributed by atoms with Crippen molar-refractivity contribution in [3.63, 3.8) is 0 Å². The van der Waals surface area contributed by atoms with Gasteiger partial charge in [0.15, 0.2) is 0 Å². The first-order chi connectivity index (χ1) is 9.83. The van der Waals surface area contributed by atoms with Crippen LogP contribution < -0.4 is 9.47 Å². The molecule has 102 valence electrons. The van der Waals surface area contributed by atoms with Crippen molar-refractivity contribution in [3.8, 4) is 17.6 Å². The highest BCUT2D eigenvalue weighted by molar-refractivity contribution is 5.42. The fourth-order valence-corrected chi connectivity index (χ4v) is 1.73. The number of aliphatic hydroxyl groups is 1. The number of para-hydroxylation sites is 1. The number of benzene rings is 2. The zero-order valence-corrected chi connectivity index (χ0v) is 11.0. The first-order valence-corrected chi connectivity index (χ1v) is 6.28. The summed E-state index contributed by atoms with van der Waals surface area (Å²) in [4.78, 5) is 0. The average molecular weight is 269 g/mol. The number of nitrogens with zero attached hydrogens (tertiary/aromatic N) is 1. The molecule has 0 aliphatic heterocycles. The second kappa shape index (κ2) is 7.17. The van der Waals surface area contributed by atoms with E-state index in [-0.39, 0.29) is 6.61 Å². The third kappa shape index (κ3) is 3.74. The molecule has 2 rings (SSSR count). The quantitative estimate of drug-likeness (QED) is 0.818. The molecule has 0 saturated carbocycles. The Morgan fingerprint density at radius 3 is 2.60 bits per heavy atom. The van der Waals surface area contributed by atoms with Crippen LogP contribution in [0.5, 0.6) is 11.5 Å². The summed E-state index contributed by atoms with van der Waals surface area (Å²) in [5.74, 6) is 1.25. The third-order valence-corrected chi connectivity index (χ3v) is 2.70. The van der Waals surface area contributed by atoms with Gasteiger partial charge in [-0.15, -0.1) is 0 Å². The van der Waals surface area contributed by atoms with Gasteiger partial charge in [-0.05, 0) is 29.8 Å². The normalized spacial score (nSPS) is 9.80. The van der Waals surface area contributed by atoms with E-state index in [4.69, 9.17) is 19.8 Å². The van der Waals surface area contributed by atoms with Gasteiger partial charge in [0.25, 0.3) is 0 Å². The van der Waals surface area contributed by atoms with Crippen molar-refractivity contribution in [3.05, 3.63) is 59.7 Å². The number of ether oxygens (including phenoxy) is 2. The van der Waals surface area contributed by atoms with Crippen molar-refractivity contribution in [2.24, 2.45) is 0 Å². The lowest BCUT2D eigenvalue weighted by Crippen LogP contribution is -2.09. The Balaban J connectivity index is 1.83. The van der Waals surface area contributed by atoms with Gasteiger partial charge < -0.3 is 14.6 Å². The van der Waals surface area contributed by atoms with Crippen LogP contribution >= 0.6 is 0 Å². The number of aliphatic hydroxyl groups excluding tert-OH is 1. The maximum absolute atomic E-state index is 9.03. The summed E-state index contributed by atoms with van der Waals surface area (Å²) in [6, 6.07) is 16.4. The van der Waals surface area contributed by atoms with Crippen molar-refractivity contribution in [2.75, 3.05) is 13.2 Å². The molecular formula is C16H15NO3. The van der Waals surface area contributed by atoms with Gasteiger partial charge in [-0.3, -0.25) is 0 Å². The molecule has 4 nitrogen and oxygen atoms in total. The van der Waals surface area contributed by atoms with E-state index in [0.29, 0.717) is 30.3 Å². The number of hydrogen-bond donors (Lipinski definition) is 1. The Morgan fingerprint density at radius 1 is 1.00 bits per heavy atom. The van der Waals surface area contributed by atoms with E-state index < -0.39 is 0 Å². The second-order valence-corrected chi connectivity index (χ2v) is 4.11. The molecule has 0 radical (unpaired) electrons. The molecule has 0 fully saturated rings. The zero-order valence-electron chi connectivity index (χ0n) is 11.0. The standard InChI is InChI=1S/C16H15NO3/c17-11-14-5-1-2-7-16(14)20-9-8-19-15-6-3-4-13(10-15)12-18/h1-7,10,18H,8-9,12H2. The minimum absolute atomic E-state index is 0.0107. The van der Waals surface area contributed by atoms with Crippen LogP contribution in [0.3, 0.4) is 0 Å². The Hall–Kier alpha value is -2.51. The van der Waals surface area contributed by atoms with Crippen LogP contribution in [0.15, 0.2) is 48.5 Å². The number of rotatable bonds is 6. The van der Waals surface area contributed by atoms with E-state index in [9.17, 15) is 0 Å². The molecule has 2 aromatic carbocycles. The van der Waals surface area contributed by atoms with E-state index in [1.807, 2.05) is 24.3 Å². The van der Waals surface area contributed by atoms with Gasteiger partial charge >= 0.3 is 0 Å².